The normalized spacial score (nSPS) is 50.4. The van der Waals surface area contributed by atoms with E-state index in [0.29, 0.717) is 17.8 Å². The quantitative estimate of drug-likeness (QED) is 0.233. The third-order valence-electron chi connectivity index (χ3n) is 12.3. The second-order valence-corrected chi connectivity index (χ2v) is 14.4. The van der Waals surface area contributed by atoms with E-state index < -0.39 is 15.4 Å². The molecule has 0 amide bonds. The van der Waals surface area contributed by atoms with E-state index in [4.69, 9.17) is 36.2 Å². The predicted molar refractivity (Wildman–Crippen MR) is 154 cm³/mol. The molecule has 0 aromatic heterocycles. The highest BCUT2D eigenvalue weighted by molar-refractivity contribution is 7.82. The SMILES string of the molecule is [B]C1(C(C)/C=C/C(CC)C(C)C)CCC2(S)C3([B])CC=C4C(C)CCCC4(C)C3([B])CCC12C. The Balaban J connectivity index is 1.75. The van der Waals surface area contributed by atoms with Gasteiger partial charge in [0, 0.05) is 4.75 Å². The van der Waals surface area contributed by atoms with Gasteiger partial charge in [0.25, 0.3) is 0 Å². The maximum atomic E-state index is 7.63. The zero-order valence-electron chi connectivity index (χ0n) is 23.1. The molecule has 0 N–H and O–H groups in total. The number of hydrogen-bond acceptors (Lipinski definition) is 1. The van der Waals surface area contributed by atoms with Crippen molar-refractivity contribution in [3.8, 4) is 0 Å². The van der Waals surface area contributed by atoms with Crippen molar-refractivity contribution in [2.24, 2.45) is 34.5 Å². The average Bonchev–Trinajstić information content (AvgIpc) is 2.99. The molecule has 9 atom stereocenters. The van der Waals surface area contributed by atoms with Crippen molar-refractivity contribution in [3.63, 3.8) is 0 Å². The van der Waals surface area contributed by atoms with Crippen LogP contribution < -0.4 is 0 Å². The maximum absolute atomic E-state index is 7.63. The molecule has 4 aliphatic carbocycles. The van der Waals surface area contributed by atoms with Crippen LogP contribution in [0.1, 0.15) is 106 Å². The van der Waals surface area contributed by atoms with Crippen molar-refractivity contribution in [1.29, 1.82) is 0 Å². The van der Waals surface area contributed by atoms with Crippen molar-refractivity contribution in [2.45, 2.75) is 127 Å². The first-order valence-electron chi connectivity index (χ1n) is 14.2. The fraction of sp³-hybridized carbons (Fsp3) is 0.867. The largest absolute Gasteiger partial charge is 0.172 e. The van der Waals surface area contributed by atoms with Gasteiger partial charge in [-0.1, -0.05) is 102 Å². The van der Waals surface area contributed by atoms with Crippen LogP contribution in [0.15, 0.2) is 23.8 Å². The van der Waals surface area contributed by atoms with Crippen LogP contribution in [-0.2, 0) is 0 Å². The Bertz CT molecular complexity index is 867. The molecule has 0 spiro atoms. The van der Waals surface area contributed by atoms with Crippen molar-refractivity contribution in [1.82, 2.24) is 0 Å². The maximum Gasteiger partial charge on any atom is 0.0767 e. The Morgan fingerprint density at radius 2 is 1.68 bits per heavy atom. The third kappa shape index (κ3) is 3.14. The number of allylic oxidation sites excluding steroid dienone is 4. The van der Waals surface area contributed by atoms with Crippen LogP contribution in [0, 0.1) is 34.5 Å². The van der Waals surface area contributed by atoms with Gasteiger partial charge in [-0.3, -0.25) is 0 Å². The molecule has 182 valence electrons. The van der Waals surface area contributed by atoms with Gasteiger partial charge in [-0.25, -0.2) is 0 Å². The lowest BCUT2D eigenvalue weighted by Crippen LogP contribution is -2.65. The molecular weight excluding hydrogens is 425 g/mol. The summed E-state index contributed by atoms with van der Waals surface area (Å²) < 4.78 is -0.391. The van der Waals surface area contributed by atoms with E-state index in [2.05, 4.69) is 66.7 Å². The molecule has 4 rings (SSSR count). The summed E-state index contributed by atoms with van der Waals surface area (Å²) in [5.41, 5.74) is 1.34. The summed E-state index contributed by atoms with van der Waals surface area (Å²) in [6.45, 7) is 16.4. The molecule has 4 aliphatic rings. The minimum absolute atomic E-state index is 0.0499. The van der Waals surface area contributed by atoms with Gasteiger partial charge in [-0.05, 0) is 78.3 Å². The standard InChI is InChI=1S/C30H47B3S/c1-8-23(20(2)3)12-11-22(5)27(31)17-19-30(34)26(27,7)16-18-28(32)25(6)14-9-10-21(4)24(25)13-15-29(28,30)33/h11-13,20-23,34H,8-10,14-19H2,1-7H3/b12-11+. The Morgan fingerprint density at radius 1 is 1.00 bits per heavy atom. The summed E-state index contributed by atoms with van der Waals surface area (Å²) in [6.07, 6.45) is 16.8. The van der Waals surface area contributed by atoms with Crippen LogP contribution in [-0.4, -0.2) is 28.3 Å². The number of hydrogen-bond donors (Lipinski definition) is 1. The van der Waals surface area contributed by atoms with Crippen molar-refractivity contribution < 1.29 is 0 Å². The lowest BCUT2D eigenvalue weighted by molar-refractivity contribution is -0.00341. The molecule has 3 saturated carbocycles. The molecule has 9 unspecified atom stereocenters. The fourth-order valence-corrected chi connectivity index (χ4v) is 10.2. The van der Waals surface area contributed by atoms with Crippen molar-refractivity contribution >= 4 is 36.2 Å². The molecule has 0 saturated heterocycles. The summed E-state index contributed by atoms with van der Waals surface area (Å²) >= 11 is 5.60. The van der Waals surface area contributed by atoms with Crippen LogP contribution >= 0.6 is 12.6 Å². The van der Waals surface area contributed by atoms with E-state index in [9.17, 15) is 0 Å². The lowest BCUT2D eigenvalue weighted by atomic mass is 9.22. The van der Waals surface area contributed by atoms with E-state index in [1.165, 1.54) is 19.3 Å². The number of fused-ring (bicyclic) bond motifs is 5. The van der Waals surface area contributed by atoms with Crippen LogP contribution in [0.25, 0.3) is 0 Å². The smallest absolute Gasteiger partial charge is 0.0767 e. The third-order valence-corrected chi connectivity index (χ3v) is 13.4. The zero-order valence-corrected chi connectivity index (χ0v) is 24.0. The molecular formula is C30H47B3S. The highest BCUT2D eigenvalue weighted by Gasteiger charge is 2.75. The summed E-state index contributed by atoms with van der Waals surface area (Å²) in [4.78, 5) is 0. The second kappa shape index (κ2) is 8.53. The van der Waals surface area contributed by atoms with E-state index >= 15 is 0 Å². The van der Waals surface area contributed by atoms with Crippen molar-refractivity contribution in [3.05, 3.63) is 23.8 Å². The molecule has 3 fully saturated rings. The van der Waals surface area contributed by atoms with Gasteiger partial charge in [-0.2, -0.15) is 12.6 Å². The summed E-state index contributed by atoms with van der Waals surface area (Å²) in [5.74, 6) is 2.11. The summed E-state index contributed by atoms with van der Waals surface area (Å²) in [5, 5.41) is -1.35. The Hall–Kier alpha value is 0.0248. The van der Waals surface area contributed by atoms with E-state index in [0.717, 1.165) is 38.5 Å². The molecule has 0 aromatic carbocycles. The second-order valence-electron chi connectivity index (χ2n) is 13.7. The van der Waals surface area contributed by atoms with E-state index in [1.807, 2.05) is 0 Å². The van der Waals surface area contributed by atoms with Crippen LogP contribution in [0.3, 0.4) is 0 Å². The average molecular weight is 472 g/mol. The van der Waals surface area contributed by atoms with Crippen LogP contribution in [0.4, 0.5) is 0 Å². The Labute approximate surface area is 221 Å². The monoisotopic (exact) mass is 472 g/mol. The molecule has 6 radical (unpaired) electrons. The molecule has 0 bridgehead atoms. The van der Waals surface area contributed by atoms with Crippen molar-refractivity contribution in [2.75, 3.05) is 0 Å². The first kappa shape index (κ1) is 27.1. The summed E-state index contributed by atoms with van der Waals surface area (Å²) in [7, 11) is 22.7. The molecule has 34 heavy (non-hydrogen) atoms. The first-order valence-corrected chi connectivity index (χ1v) is 14.6. The topological polar surface area (TPSA) is 0 Å². The van der Waals surface area contributed by atoms with Crippen LogP contribution in [0.5, 0.6) is 0 Å². The summed E-state index contributed by atoms with van der Waals surface area (Å²) in [6, 6.07) is 0. The van der Waals surface area contributed by atoms with Gasteiger partial charge in [0.05, 0.1) is 23.5 Å². The molecule has 0 nitrogen and oxygen atoms in total. The highest BCUT2D eigenvalue weighted by atomic mass is 32.1. The van der Waals surface area contributed by atoms with Crippen LogP contribution in [0.2, 0.25) is 15.9 Å². The molecule has 4 heteroatoms. The Kier molecular flexibility index (Phi) is 6.79. The first-order chi connectivity index (χ1) is 15.7. The minimum Gasteiger partial charge on any atom is -0.172 e. The van der Waals surface area contributed by atoms with Gasteiger partial charge in [-0.15, -0.1) is 0 Å². The van der Waals surface area contributed by atoms with Gasteiger partial charge in [0.1, 0.15) is 0 Å². The molecule has 0 aliphatic heterocycles. The fourth-order valence-electron chi connectivity index (χ4n) is 9.46. The van der Waals surface area contributed by atoms with Gasteiger partial charge < -0.3 is 0 Å². The number of thiol groups is 1. The predicted octanol–water partition coefficient (Wildman–Crippen LogP) is 8.26. The number of rotatable bonds is 5. The van der Waals surface area contributed by atoms with E-state index in [1.54, 1.807) is 5.57 Å². The zero-order chi connectivity index (χ0) is 25.4. The van der Waals surface area contributed by atoms with Gasteiger partial charge >= 0.3 is 0 Å². The Morgan fingerprint density at radius 3 is 2.29 bits per heavy atom. The van der Waals surface area contributed by atoms with Gasteiger partial charge in [0.2, 0.25) is 0 Å². The van der Waals surface area contributed by atoms with Gasteiger partial charge in [0.15, 0.2) is 0 Å². The lowest BCUT2D eigenvalue weighted by Gasteiger charge is -2.75. The minimum atomic E-state index is -0.570. The highest BCUT2D eigenvalue weighted by Crippen LogP contribution is 2.87. The molecule has 0 heterocycles. The van der Waals surface area contributed by atoms with E-state index in [-0.39, 0.29) is 22.1 Å². The molecule has 0 aromatic rings.